The van der Waals surface area contributed by atoms with Gasteiger partial charge in [0.05, 0.1) is 5.69 Å². The molecule has 0 unspecified atom stereocenters. The van der Waals surface area contributed by atoms with Gasteiger partial charge in [0.25, 0.3) is 5.91 Å². The highest BCUT2D eigenvalue weighted by molar-refractivity contribution is 5.97. The predicted octanol–water partition coefficient (Wildman–Crippen LogP) is 3.47. The van der Waals surface area contributed by atoms with Gasteiger partial charge in [0.2, 0.25) is 0 Å². The van der Waals surface area contributed by atoms with Crippen LogP contribution in [0.3, 0.4) is 0 Å². The van der Waals surface area contributed by atoms with E-state index in [0.717, 1.165) is 25.3 Å². The van der Waals surface area contributed by atoms with Gasteiger partial charge in [0, 0.05) is 17.8 Å². The monoisotopic (exact) mass is 339 g/mol. The molecule has 0 bridgehead atoms. The van der Waals surface area contributed by atoms with E-state index < -0.39 is 11.1 Å². The van der Waals surface area contributed by atoms with Gasteiger partial charge in [-0.25, -0.2) is 0 Å². The zero-order valence-corrected chi connectivity index (χ0v) is 14.1. The van der Waals surface area contributed by atoms with Gasteiger partial charge < -0.3 is 21.0 Å². The average molecular weight is 339 g/mol. The van der Waals surface area contributed by atoms with Crippen LogP contribution in [-0.4, -0.2) is 22.9 Å². The minimum Gasteiger partial charge on any atom is -0.769 e. The fourth-order valence-electron chi connectivity index (χ4n) is 2.42. The van der Waals surface area contributed by atoms with Crippen molar-refractivity contribution in [3.8, 4) is 0 Å². The molecule has 1 aromatic rings. The van der Waals surface area contributed by atoms with Gasteiger partial charge in [-0.2, -0.15) is 0 Å². The fraction of sp³-hybridized carbons (Fsp3) is 0.562. The Hall–Kier alpha value is -1.87. The van der Waals surface area contributed by atoms with Gasteiger partial charge in [-0.3, -0.25) is 15.2 Å². The normalized spacial score (nSPS) is 10.6. The molecule has 0 heterocycles. The highest BCUT2D eigenvalue weighted by atomic mass is 16.8. The number of hydrogen-bond donors (Lipinski definition) is 3. The van der Waals surface area contributed by atoms with Crippen molar-refractivity contribution >= 4 is 17.3 Å². The maximum absolute atomic E-state index is 12.1. The summed E-state index contributed by atoms with van der Waals surface area (Å²) in [5.41, 5.74) is -0.460. The van der Waals surface area contributed by atoms with Crippen LogP contribution in [0.1, 0.15) is 61.4 Å². The number of amides is 1. The van der Waals surface area contributed by atoms with E-state index in [1.165, 1.54) is 32.3 Å². The molecule has 1 amide bonds. The highest BCUT2D eigenvalue weighted by Crippen LogP contribution is 2.29. The first-order chi connectivity index (χ1) is 11.4. The van der Waals surface area contributed by atoms with Crippen LogP contribution in [0.5, 0.6) is 0 Å². The minimum atomic E-state index is -0.660. The second-order valence-electron chi connectivity index (χ2n) is 5.71. The van der Waals surface area contributed by atoms with E-state index in [2.05, 4.69) is 12.2 Å². The van der Waals surface area contributed by atoms with Crippen molar-refractivity contribution in [2.75, 3.05) is 17.0 Å². The third-order valence-corrected chi connectivity index (χ3v) is 3.84. The molecule has 0 aliphatic heterocycles. The molecular weight excluding hydrogens is 314 g/mol. The van der Waals surface area contributed by atoms with E-state index in [0.29, 0.717) is 6.54 Å². The number of carbonyl (C=O) groups is 1. The number of rotatable bonds is 10. The summed E-state index contributed by atoms with van der Waals surface area (Å²) in [5, 5.41) is 42.3. The maximum atomic E-state index is 12.1. The summed E-state index contributed by atoms with van der Waals surface area (Å²) in [5.74, 6) is -0.477. The van der Waals surface area contributed by atoms with E-state index >= 15 is 0 Å². The lowest BCUT2D eigenvalue weighted by Crippen LogP contribution is -2.25. The Morgan fingerprint density at radius 1 is 1.08 bits per heavy atom. The van der Waals surface area contributed by atoms with Gasteiger partial charge in [-0.1, -0.05) is 39.0 Å². The van der Waals surface area contributed by atoms with Crippen molar-refractivity contribution < 1.29 is 15.2 Å². The molecule has 8 heteroatoms. The lowest BCUT2D eigenvalue weighted by molar-refractivity contribution is 0.0288. The first-order valence-corrected chi connectivity index (χ1v) is 8.13. The van der Waals surface area contributed by atoms with Crippen molar-refractivity contribution in [3.05, 3.63) is 33.7 Å². The molecule has 0 radical (unpaired) electrons. The average Bonchev–Trinajstić information content (AvgIpc) is 2.53. The molecule has 3 N–H and O–H groups in total. The number of carbonyl (C=O) groups excluding carboxylic acids is 1. The summed E-state index contributed by atoms with van der Waals surface area (Å²) < 4.78 is 0. The molecule has 1 rings (SSSR count). The van der Waals surface area contributed by atoms with Gasteiger partial charge in [-0.15, -0.1) is 5.23 Å². The van der Waals surface area contributed by atoms with Gasteiger partial charge >= 0.3 is 0 Å². The van der Waals surface area contributed by atoms with E-state index in [4.69, 9.17) is 10.4 Å². The van der Waals surface area contributed by atoms with Crippen molar-refractivity contribution in [1.29, 1.82) is 0 Å². The van der Waals surface area contributed by atoms with E-state index in [1.54, 1.807) is 0 Å². The molecule has 0 aromatic heterocycles. The number of nitrogens with zero attached hydrogens (tertiary/aromatic N) is 2. The van der Waals surface area contributed by atoms with Crippen LogP contribution in [0.4, 0.5) is 11.4 Å². The molecule has 0 fully saturated rings. The zero-order valence-electron chi connectivity index (χ0n) is 14.1. The number of hydrogen-bond acceptors (Lipinski definition) is 7. The first-order valence-electron chi connectivity index (χ1n) is 8.13. The Kier molecular flexibility index (Phi) is 8.48. The predicted molar refractivity (Wildman–Crippen MR) is 92.2 cm³/mol. The minimum absolute atomic E-state index is 0.0152. The molecule has 0 aliphatic carbocycles. The lowest BCUT2D eigenvalue weighted by atomic mass is 10.1. The molecule has 1 aromatic carbocycles. The van der Waals surface area contributed by atoms with Crippen LogP contribution in [0.15, 0.2) is 12.1 Å². The van der Waals surface area contributed by atoms with E-state index in [1.807, 2.05) is 0 Å². The molecule has 0 spiro atoms. The highest BCUT2D eigenvalue weighted by Gasteiger charge is 2.14. The van der Waals surface area contributed by atoms with Crippen LogP contribution >= 0.6 is 0 Å². The molecule has 0 aliphatic rings. The van der Waals surface area contributed by atoms with Crippen LogP contribution in [0.25, 0.3) is 0 Å². The molecule has 24 heavy (non-hydrogen) atoms. The van der Waals surface area contributed by atoms with Crippen LogP contribution in [0, 0.1) is 17.3 Å². The largest absolute Gasteiger partial charge is 0.769 e. The van der Waals surface area contributed by atoms with E-state index in [9.17, 15) is 15.2 Å². The summed E-state index contributed by atoms with van der Waals surface area (Å²) in [6.07, 6.45) is 6.54. The van der Waals surface area contributed by atoms with Crippen molar-refractivity contribution in [2.45, 2.75) is 52.4 Å². The number of nitrogens with one attached hydrogen (secondary N) is 1. The second-order valence-corrected chi connectivity index (χ2v) is 5.71. The smallest absolute Gasteiger partial charge is 0.251 e. The summed E-state index contributed by atoms with van der Waals surface area (Å²) in [6.45, 7) is 4.00. The van der Waals surface area contributed by atoms with Crippen molar-refractivity contribution in [3.63, 3.8) is 0 Å². The summed E-state index contributed by atoms with van der Waals surface area (Å²) in [7, 11) is 0. The van der Waals surface area contributed by atoms with Crippen LogP contribution < -0.4 is 15.8 Å². The third kappa shape index (κ3) is 5.97. The maximum Gasteiger partial charge on any atom is 0.251 e. The molecule has 0 saturated heterocycles. The van der Waals surface area contributed by atoms with Gasteiger partial charge in [0.15, 0.2) is 0 Å². The number of benzene rings is 1. The topological polar surface area (TPSA) is 122 Å². The molecule has 0 saturated carbocycles. The molecule has 8 nitrogen and oxygen atoms in total. The van der Waals surface area contributed by atoms with Gasteiger partial charge in [0.1, 0.15) is 0 Å². The standard InChI is InChI=1S/C16H25N3O5/c1-3-4-5-6-7-8-9-17-16(20)13-10-14(18(21)22)12(2)15(11-13)19(23)24/h10-11,21-22H,3-9H2,1-2H3,(H,17,20)/q-2. The first kappa shape index (κ1) is 20.2. The second kappa shape index (κ2) is 10.1. The Bertz CT molecular complexity index is 505. The third-order valence-electron chi connectivity index (χ3n) is 3.84. The summed E-state index contributed by atoms with van der Waals surface area (Å²) in [4.78, 5) is 12.1. The molecule has 136 valence electrons. The van der Waals surface area contributed by atoms with Crippen molar-refractivity contribution in [1.82, 2.24) is 5.32 Å². The summed E-state index contributed by atoms with van der Waals surface area (Å²) in [6, 6.07) is 2.35. The van der Waals surface area contributed by atoms with Crippen LogP contribution in [-0.2, 0) is 0 Å². The number of unbranched alkanes of at least 4 members (excludes halogenated alkanes) is 5. The van der Waals surface area contributed by atoms with Gasteiger partial charge in [-0.05, 0) is 31.0 Å². The Balaban J connectivity index is 2.66. The number of anilines is 2. The quantitative estimate of drug-likeness (QED) is 0.440. The Morgan fingerprint density at radius 3 is 2.25 bits per heavy atom. The van der Waals surface area contributed by atoms with E-state index in [-0.39, 0.29) is 27.7 Å². The molecule has 0 atom stereocenters. The van der Waals surface area contributed by atoms with Crippen LogP contribution in [0.2, 0.25) is 0 Å². The SMILES string of the molecule is CCCCCCCCNC(=O)c1cc(N([O-])[O-])c(C)c(N(O)O)c1. The Labute approximate surface area is 141 Å². The zero-order chi connectivity index (χ0) is 18.1. The lowest BCUT2D eigenvalue weighted by Gasteiger charge is -2.39. The summed E-state index contributed by atoms with van der Waals surface area (Å²) >= 11 is 0. The Morgan fingerprint density at radius 2 is 1.67 bits per heavy atom. The fourth-order valence-corrected chi connectivity index (χ4v) is 2.42. The van der Waals surface area contributed by atoms with Crippen molar-refractivity contribution in [2.24, 2.45) is 0 Å². The molecular formula is C16H25N3O5-2.